The van der Waals surface area contributed by atoms with E-state index >= 15 is 0 Å². The molecule has 0 amide bonds. The van der Waals surface area contributed by atoms with E-state index in [1.807, 2.05) is 60.7 Å². The zero-order valence-electron chi connectivity index (χ0n) is 19.9. The number of rotatable bonds is 5. The second kappa shape index (κ2) is 9.21. The third-order valence-electron chi connectivity index (χ3n) is 6.39. The average Bonchev–Trinajstić information content (AvgIpc) is 3.14. The summed E-state index contributed by atoms with van der Waals surface area (Å²) in [6, 6.07) is 23.8. The summed E-state index contributed by atoms with van der Waals surface area (Å²) in [6.07, 6.45) is 1.29. The minimum atomic E-state index is -0.135. The lowest BCUT2D eigenvalue weighted by molar-refractivity contribution is 0.0912. The Morgan fingerprint density at radius 1 is 0.943 bits per heavy atom. The van der Waals surface area contributed by atoms with Gasteiger partial charge >= 0.3 is 0 Å². The van der Waals surface area contributed by atoms with Crippen LogP contribution in [0.15, 0.2) is 77.3 Å². The Bertz CT molecular complexity index is 1390. The van der Waals surface area contributed by atoms with Gasteiger partial charge in [-0.25, -0.2) is 0 Å². The quantitative estimate of drug-likeness (QED) is 0.271. The van der Waals surface area contributed by atoms with Crippen molar-refractivity contribution < 1.29 is 9.53 Å². The van der Waals surface area contributed by atoms with Gasteiger partial charge in [-0.2, -0.15) is 0 Å². The van der Waals surface area contributed by atoms with E-state index < -0.39 is 0 Å². The Morgan fingerprint density at radius 3 is 2.23 bits per heavy atom. The van der Waals surface area contributed by atoms with Crippen molar-refractivity contribution >= 4 is 44.7 Å². The van der Waals surface area contributed by atoms with Gasteiger partial charge in [0.1, 0.15) is 5.75 Å². The molecule has 6 heteroatoms. The fourth-order valence-corrected chi connectivity index (χ4v) is 5.21. The number of nitrogens with one attached hydrogen (secondary N) is 1. The molecule has 1 N–H and O–H groups in total. The number of nitrogens with zero attached hydrogens (tertiary/aromatic N) is 1. The number of hydrogen-bond acceptors (Lipinski definition) is 3. The van der Waals surface area contributed by atoms with Crippen LogP contribution in [0.25, 0.3) is 16.9 Å². The van der Waals surface area contributed by atoms with Crippen molar-refractivity contribution in [3.8, 4) is 22.7 Å². The maximum Gasteiger partial charge on any atom is 0.167 e. The molecule has 0 bridgehead atoms. The third kappa shape index (κ3) is 4.63. The molecule has 1 aromatic heterocycles. The number of ether oxygens (including phenoxy) is 1. The SMILES string of the molecule is COc1ccc(-c2c(Nc3ccc(Cl)cc3)c3c(n2-c2ccc(Br)cc2)CC(C)(C)CC3=O)cc1. The fourth-order valence-electron chi connectivity index (χ4n) is 4.82. The molecule has 178 valence electrons. The molecule has 1 aliphatic rings. The molecule has 0 fully saturated rings. The largest absolute Gasteiger partial charge is 0.497 e. The monoisotopic (exact) mass is 548 g/mol. The molecule has 3 aromatic carbocycles. The number of hydrogen-bond donors (Lipinski definition) is 1. The van der Waals surface area contributed by atoms with Gasteiger partial charge in [-0.05, 0) is 84.6 Å². The van der Waals surface area contributed by atoms with Crippen molar-refractivity contribution in [2.45, 2.75) is 26.7 Å². The molecule has 1 heterocycles. The Kier molecular flexibility index (Phi) is 6.24. The number of aromatic nitrogens is 1. The summed E-state index contributed by atoms with van der Waals surface area (Å²) < 4.78 is 8.64. The zero-order valence-corrected chi connectivity index (χ0v) is 22.2. The van der Waals surface area contributed by atoms with Gasteiger partial charge in [0.15, 0.2) is 5.78 Å². The molecule has 0 aliphatic heterocycles. The Labute approximate surface area is 219 Å². The summed E-state index contributed by atoms with van der Waals surface area (Å²) in [7, 11) is 1.66. The molecule has 0 unspecified atom stereocenters. The molecule has 5 rings (SSSR count). The first-order chi connectivity index (χ1) is 16.8. The molecular formula is C29H26BrClN2O2. The number of fused-ring (bicyclic) bond motifs is 1. The number of Topliss-reactive ketones (excluding diaryl/α,β-unsaturated/α-hetero) is 1. The Balaban J connectivity index is 1.82. The summed E-state index contributed by atoms with van der Waals surface area (Å²) in [6.45, 7) is 4.32. The summed E-state index contributed by atoms with van der Waals surface area (Å²) in [5.74, 6) is 0.933. The molecule has 35 heavy (non-hydrogen) atoms. The number of halogens is 2. The summed E-state index contributed by atoms with van der Waals surface area (Å²) in [4.78, 5) is 13.6. The molecular weight excluding hydrogens is 524 g/mol. The highest BCUT2D eigenvalue weighted by Gasteiger charge is 2.38. The number of ketones is 1. The number of carbonyl (C=O) groups is 1. The smallest absolute Gasteiger partial charge is 0.167 e. The highest BCUT2D eigenvalue weighted by atomic mass is 79.9. The van der Waals surface area contributed by atoms with Gasteiger partial charge in [-0.1, -0.05) is 41.4 Å². The minimum Gasteiger partial charge on any atom is -0.497 e. The number of anilines is 2. The van der Waals surface area contributed by atoms with E-state index in [0.717, 1.165) is 56.2 Å². The second-order valence-electron chi connectivity index (χ2n) is 9.66. The molecule has 4 nitrogen and oxygen atoms in total. The van der Waals surface area contributed by atoms with Crippen molar-refractivity contribution in [2.75, 3.05) is 12.4 Å². The molecule has 0 atom stereocenters. The van der Waals surface area contributed by atoms with E-state index in [-0.39, 0.29) is 11.2 Å². The van der Waals surface area contributed by atoms with E-state index in [0.29, 0.717) is 11.4 Å². The third-order valence-corrected chi connectivity index (χ3v) is 7.18. The summed E-state index contributed by atoms with van der Waals surface area (Å²) in [5, 5.41) is 4.24. The lowest BCUT2D eigenvalue weighted by Crippen LogP contribution is -2.28. The average molecular weight is 550 g/mol. The van der Waals surface area contributed by atoms with Crippen molar-refractivity contribution in [1.29, 1.82) is 0 Å². The molecule has 0 spiro atoms. The van der Waals surface area contributed by atoms with E-state index in [9.17, 15) is 4.79 Å². The van der Waals surface area contributed by atoms with Crippen LogP contribution in [0.3, 0.4) is 0 Å². The normalized spacial score (nSPS) is 14.5. The van der Waals surface area contributed by atoms with Gasteiger partial charge in [-0.15, -0.1) is 0 Å². The van der Waals surface area contributed by atoms with Crippen LogP contribution in [0.1, 0.15) is 36.3 Å². The van der Waals surface area contributed by atoms with E-state index in [1.54, 1.807) is 7.11 Å². The van der Waals surface area contributed by atoms with Gasteiger partial charge in [0.05, 0.1) is 24.1 Å². The number of carbonyl (C=O) groups excluding carboxylic acids is 1. The van der Waals surface area contributed by atoms with Crippen molar-refractivity contribution in [1.82, 2.24) is 4.57 Å². The van der Waals surface area contributed by atoms with Crippen molar-refractivity contribution in [3.63, 3.8) is 0 Å². The zero-order chi connectivity index (χ0) is 24.7. The van der Waals surface area contributed by atoms with Crippen LogP contribution in [0, 0.1) is 5.41 Å². The van der Waals surface area contributed by atoms with Crippen molar-refractivity contribution in [3.05, 3.63) is 93.5 Å². The predicted molar refractivity (Wildman–Crippen MR) is 147 cm³/mol. The van der Waals surface area contributed by atoms with Gasteiger partial charge in [0, 0.05) is 38.5 Å². The van der Waals surface area contributed by atoms with Crippen LogP contribution in [0.5, 0.6) is 5.75 Å². The number of methoxy groups -OCH3 is 1. The van der Waals surface area contributed by atoms with E-state index in [2.05, 4.69) is 51.8 Å². The highest BCUT2D eigenvalue weighted by molar-refractivity contribution is 9.10. The lowest BCUT2D eigenvalue weighted by Gasteiger charge is -2.30. The van der Waals surface area contributed by atoms with Gasteiger partial charge in [0.25, 0.3) is 0 Å². The number of benzene rings is 3. The summed E-state index contributed by atoms with van der Waals surface area (Å²) in [5.41, 5.74) is 6.28. The molecule has 0 saturated heterocycles. The Morgan fingerprint density at radius 2 is 1.60 bits per heavy atom. The topological polar surface area (TPSA) is 43.3 Å². The molecule has 0 saturated carbocycles. The predicted octanol–water partition coefficient (Wildman–Crippen LogP) is 8.47. The maximum absolute atomic E-state index is 13.6. The van der Waals surface area contributed by atoms with Crippen LogP contribution in [0.2, 0.25) is 5.02 Å². The Hall–Kier alpha value is -3.02. The first kappa shape index (κ1) is 23.7. The molecule has 1 aliphatic carbocycles. The van der Waals surface area contributed by atoms with Gasteiger partial charge in [-0.3, -0.25) is 4.79 Å². The van der Waals surface area contributed by atoms with Gasteiger partial charge < -0.3 is 14.6 Å². The van der Waals surface area contributed by atoms with E-state index in [1.165, 1.54) is 0 Å². The first-order valence-electron chi connectivity index (χ1n) is 11.5. The minimum absolute atomic E-state index is 0.135. The highest BCUT2D eigenvalue weighted by Crippen LogP contribution is 2.47. The standard InChI is InChI=1S/C29H26BrClN2O2/c1-29(2)16-24-26(25(34)17-29)27(32-21-10-8-20(31)9-11-21)28(18-4-14-23(35-3)15-5-18)33(24)22-12-6-19(30)7-13-22/h4-15,32H,16-17H2,1-3H3. The van der Waals surface area contributed by atoms with Crippen LogP contribution < -0.4 is 10.1 Å². The van der Waals surface area contributed by atoms with Crippen LogP contribution in [-0.4, -0.2) is 17.5 Å². The van der Waals surface area contributed by atoms with E-state index in [4.69, 9.17) is 16.3 Å². The fraction of sp³-hybridized carbons (Fsp3) is 0.207. The maximum atomic E-state index is 13.6. The first-order valence-corrected chi connectivity index (χ1v) is 12.7. The molecule has 4 aromatic rings. The van der Waals surface area contributed by atoms with Crippen LogP contribution in [0.4, 0.5) is 11.4 Å². The summed E-state index contributed by atoms with van der Waals surface area (Å²) >= 11 is 9.69. The second-order valence-corrected chi connectivity index (χ2v) is 11.0. The van der Waals surface area contributed by atoms with Crippen LogP contribution in [-0.2, 0) is 6.42 Å². The lowest BCUT2D eigenvalue weighted by atomic mass is 9.76. The van der Waals surface area contributed by atoms with Crippen molar-refractivity contribution in [2.24, 2.45) is 5.41 Å². The van der Waals surface area contributed by atoms with Gasteiger partial charge in [0.2, 0.25) is 0 Å². The molecule has 0 radical (unpaired) electrons. The van der Waals surface area contributed by atoms with Crippen LogP contribution >= 0.6 is 27.5 Å².